The van der Waals surface area contributed by atoms with Crippen molar-refractivity contribution in [3.63, 3.8) is 0 Å². The quantitative estimate of drug-likeness (QED) is 0.712. The van der Waals surface area contributed by atoms with Gasteiger partial charge in [0.25, 0.3) is 11.8 Å². The Kier molecular flexibility index (Phi) is 5.27. The van der Waals surface area contributed by atoms with Crippen molar-refractivity contribution in [1.29, 1.82) is 0 Å². The van der Waals surface area contributed by atoms with Crippen molar-refractivity contribution in [3.05, 3.63) is 58.6 Å². The van der Waals surface area contributed by atoms with Crippen molar-refractivity contribution in [2.45, 2.75) is 35.9 Å². The molecule has 2 atom stereocenters. The number of alkyl halides is 2. The molecule has 0 spiro atoms. The highest BCUT2D eigenvalue weighted by Gasteiger charge is 2.57. The summed E-state index contributed by atoms with van der Waals surface area (Å²) in [5.74, 6) is -4.96. The number of amides is 2. The van der Waals surface area contributed by atoms with Crippen LogP contribution in [0.5, 0.6) is 0 Å². The molecule has 164 valence electrons. The van der Waals surface area contributed by atoms with Gasteiger partial charge in [0.2, 0.25) is 5.91 Å². The first-order valence-electron chi connectivity index (χ1n) is 9.35. The topological polar surface area (TPSA) is 110 Å². The molecule has 3 N–H and O–H groups in total. The van der Waals surface area contributed by atoms with Gasteiger partial charge in [-0.2, -0.15) is 0 Å². The van der Waals surface area contributed by atoms with E-state index in [-0.39, 0.29) is 22.7 Å². The summed E-state index contributed by atoms with van der Waals surface area (Å²) in [6.07, 6.45) is -0.450. The molecule has 0 radical (unpaired) electrons. The minimum Gasteiger partial charge on any atom is -0.343 e. The molecular formula is C20H18ClF2N3O4S. The number of fused-ring (bicyclic) bond motifs is 1. The number of nitrogens with two attached hydrogens (primary N) is 1. The molecule has 2 aromatic carbocycles. The average Bonchev–Trinajstić information content (AvgIpc) is 3.32. The van der Waals surface area contributed by atoms with Crippen LogP contribution in [0.2, 0.25) is 5.02 Å². The zero-order valence-corrected chi connectivity index (χ0v) is 17.6. The fourth-order valence-corrected chi connectivity index (χ4v) is 5.08. The lowest BCUT2D eigenvalue weighted by Crippen LogP contribution is -2.45. The molecule has 2 aromatic rings. The van der Waals surface area contributed by atoms with E-state index in [9.17, 15) is 26.8 Å². The summed E-state index contributed by atoms with van der Waals surface area (Å²) < 4.78 is 51.9. The Morgan fingerprint density at radius 3 is 2.48 bits per heavy atom. The van der Waals surface area contributed by atoms with Gasteiger partial charge in [0.15, 0.2) is 9.84 Å². The van der Waals surface area contributed by atoms with Gasteiger partial charge in [0.05, 0.1) is 35.0 Å². The molecule has 1 aliphatic heterocycles. The van der Waals surface area contributed by atoms with Gasteiger partial charge >= 0.3 is 0 Å². The van der Waals surface area contributed by atoms with Crippen molar-refractivity contribution in [2.75, 3.05) is 10.7 Å². The van der Waals surface area contributed by atoms with Crippen LogP contribution in [0.3, 0.4) is 0 Å². The standard InChI is InChI=1S/C20H18ClF2N3O4S/c21-13-4-1-11(2-5-13)9-26-15-7-12(18(27)25-17-8-20(17,22)23)3-6-16(15)31(29,30)10-14(24)19(26)28/h1-7,14,17H,8-10,24H2,(H,25,27)/t14-,17?/m0/s1. The summed E-state index contributed by atoms with van der Waals surface area (Å²) in [6.45, 7) is -0.0159. The lowest BCUT2D eigenvalue weighted by molar-refractivity contribution is -0.119. The van der Waals surface area contributed by atoms with Crippen LogP contribution < -0.4 is 16.0 Å². The second-order valence-electron chi connectivity index (χ2n) is 7.61. The maximum Gasteiger partial charge on any atom is 0.270 e. The number of hydrogen-bond donors (Lipinski definition) is 2. The van der Waals surface area contributed by atoms with E-state index in [1.807, 2.05) is 0 Å². The molecule has 1 fully saturated rings. The van der Waals surface area contributed by atoms with Crippen LogP contribution in [0.15, 0.2) is 47.4 Å². The van der Waals surface area contributed by atoms with Gasteiger partial charge in [-0.15, -0.1) is 0 Å². The first-order valence-corrected chi connectivity index (χ1v) is 11.4. The Morgan fingerprint density at radius 1 is 1.23 bits per heavy atom. The molecule has 11 heteroatoms. The van der Waals surface area contributed by atoms with Crippen LogP contribution in [0.1, 0.15) is 22.3 Å². The first-order chi connectivity index (χ1) is 14.5. The van der Waals surface area contributed by atoms with Crippen molar-refractivity contribution in [1.82, 2.24) is 5.32 Å². The molecule has 0 bridgehead atoms. The predicted molar refractivity (Wildman–Crippen MR) is 110 cm³/mol. The van der Waals surface area contributed by atoms with Crippen LogP contribution in [0, 0.1) is 0 Å². The van der Waals surface area contributed by atoms with Crippen LogP contribution in [-0.4, -0.2) is 44.0 Å². The second kappa shape index (κ2) is 7.54. The Bertz CT molecular complexity index is 1170. The fraction of sp³-hybridized carbons (Fsp3) is 0.300. The molecular weight excluding hydrogens is 452 g/mol. The number of anilines is 1. The summed E-state index contributed by atoms with van der Waals surface area (Å²) in [5.41, 5.74) is 6.44. The number of hydrogen-bond acceptors (Lipinski definition) is 5. The zero-order valence-electron chi connectivity index (χ0n) is 16.0. The summed E-state index contributed by atoms with van der Waals surface area (Å²) in [5, 5.41) is 2.70. The Morgan fingerprint density at radius 2 is 1.87 bits per heavy atom. The summed E-state index contributed by atoms with van der Waals surface area (Å²) in [6, 6.07) is 7.67. The maximum atomic E-state index is 13.2. The highest BCUT2D eigenvalue weighted by Crippen LogP contribution is 2.42. The van der Waals surface area contributed by atoms with E-state index in [1.165, 1.54) is 23.1 Å². The van der Waals surface area contributed by atoms with E-state index in [1.54, 1.807) is 24.3 Å². The number of halogens is 3. The minimum atomic E-state index is -3.92. The minimum absolute atomic E-state index is 0.0159. The lowest BCUT2D eigenvalue weighted by atomic mass is 10.1. The maximum absolute atomic E-state index is 13.2. The molecule has 1 unspecified atom stereocenters. The van der Waals surface area contributed by atoms with Crippen LogP contribution in [-0.2, 0) is 21.2 Å². The highest BCUT2D eigenvalue weighted by atomic mass is 35.5. The number of nitrogens with zero attached hydrogens (tertiary/aromatic N) is 1. The van der Waals surface area contributed by atoms with Crippen molar-refractivity contribution in [3.8, 4) is 0 Å². The van der Waals surface area contributed by atoms with Gasteiger partial charge in [-0.1, -0.05) is 23.7 Å². The van der Waals surface area contributed by atoms with Crippen molar-refractivity contribution < 1.29 is 26.8 Å². The largest absolute Gasteiger partial charge is 0.343 e. The number of benzene rings is 2. The average molecular weight is 470 g/mol. The van der Waals surface area contributed by atoms with E-state index >= 15 is 0 Å². The van der Waals surface area contributed by atoms with Crippen molar-refractivity contribution >= 4 is 38.9 Å². The lowest BCUT2D eigenvalue weighted by Gasteiger charge is -2.24. The normalized spacial score (nSPS) is 23.6. The van der Waals surface area contributed by atoms with Crippen LogP contribution in [0.4, 0.5) is 14.5 Å². The van der Waals surface area contributed by atoms with E-state index in [2.05, 4.69) is 5.32 Å². The van der Waals surface area contributed by atoms with Gasteiger partial charge in [0, 0.05) is 17.0 Å². The van der Waals surface area contributed by atoms with E-state index in [4.69, 9.17) is 17.3 Å². The fourth-order valence-electron chi connectivity index (χ4n) is 3.40. The summed E-state index contributed by atoms with van der Waals surface area (Å²) >= 11 is 5.90. The zero-order chi connectivity index (χ0) is 22.6. The smallest absolute Gasteiger partial charge is 0.270 e. The summed E-state index contributed by atoms with van der Waals surface area (Å²) in [4.78, 5) is 26.4. The van der Waals surface area contributed by atoms with Crippen LogP contribution >= 0.6 is 11.6 Å². The van der Waals surface area contributed by atoms with Crippen LogP contribution in [0.25, 0.3) is 0 Å². The second-order valence-corrected chi connectivity index (χ2v) is 10.1. The summed E-state index contributed by atoms with van der Waals surface area (Å²) in [7, 11) is -3.92. The third kappa shape index (κ3) is 4.28. The third-order valence-corrected chi connectivity index (χ3v) is 7.28. The van der Waals surface area contributed by atoms with E-state index in [0.717, 1.165) is 0 Å². The number of nitrogens with one attached hydrogen (secondary N) is 1. The molecule has 4 rings (SSSR count). The molecule has 0 aromatic heterocycles. The number of rotatable bonds is 4. The van der Waals surface area contributed by atoms with E-state index < -0.39 is 51.8 Å². The van der Waals surface area contributed by atoms with Gasteiger partial charge in [0.1, 0.15) is 0 Å². The Labute approximate surface area is 182 Å². The number of carbonyl (C=O) groups excluding carboxylic acids is 2. The number of carbonyl (C=O) groups is 2. The Balaban J connectivity index is 1.75. The number of sulfone groups is 1. The van der Waals surface area contributed by atoms with Gasteiger partial charge in [-0.05, 0) is 35.9 Å². The SMILES string of the molecule is N[C@H]1CS(=O)(=O)c2ccc(C(=O)NC3CC3(F)F)cc2N(Cc2ccc(Cl)cc2)C1=O. The van der Waals surface area contributed by atoms with Crippen molar-refractivity contribution in [2.24, 2.45) is 5.73 Å². The molecule has 2 amide bonds. The molecule has 1 saturated carbocycles. The van der Waals surface area contributed by atoms with Gasteiger partial charge in [-0.3, -0.25) is 9.59 Å². The monoisotopic (exact) mass is 469 g/mol. The molecule has 1 heterocycles. The molecule has 31 heavy (non-hydrogen) atoms. The third-order valence-electron chi connectivity index (χ3n) is 5.21. The molecule has 1 aliphatic carbocycles. The predicted octanol–water partition coefficient (Wildman–Crippen LogP) is 2.13. The highest BCUT2D eigenvalue weighted by molar-refractivity contribution is 7.91. The molecule has 7 nitrogen and oxygen atoms in total. The Hall–Kier alpha value is -2.56. The first kappa shape index (κ1) is 21.7. The van der Waals surface area contributed by atoms with Gasteiger partial charge in [-0.25, -0.2) is 17.2 Å². The van der Waals surface area contributed by atoms with E-state index in [0.29, 0.717) is 10.6 Å². The van der Waals surface area contributed by atoms with Gasteiger partial charge < -0.3 is 16.0 Å². The molecule has 2 aliphatic rings. The molecule has 0 saturated heterocycles.